The van der Waals surface area contributed by atoms with Crippen LogP contribution < -0.4 is 0 Å². The first-order valence-electron chi connectivity index (χ1n) is 35.9. The van der Waals surface area contributed by atoms with E-state index in [0.717, 1.165) is 103 Å². The van der Waals surface area contributed by atoms with Gasteiger partial charge in [0, 0.05) is 19.3 Å². The van der Waals surface area contributed by atoms with Crippen LogP contribution in [0.5, 0.6) is 0 Å². The summed E-state index contributed by atoms with van der Waals surface area (Å²) in [4.78, 5) is 38.4. The van der Waals surface area contributed by atoms with Crippen LogP contribution in [0.15, 0.2) is 72.9 Å². The molecule has 0 radical (unpaired) electrons. The highest BCUT2D eigenvalue weighted by Gasteiger charge is 2.19. The van der Waals surface area contributed by atoms with Gasteiger partial charge in [-0.1, -0.05) is 318 Å². The van der Waals surface area contributed by atoms with E-state index in [1.165, 1.54) is 231 Å². The molecule has 476 valence electrons. The summed E-state index contributed by atoms with van der Waals surface area (Å²) in [6.07, 6.45) is 92.3. The molecule has 0 aliphatic rings. The Kier molecular flexibility index (Phi) is 67.6. The van der Waals surface area contributed by atoms with Crippen LogP contribution in [0.25, 0.3) is 0 Å². The fraction of sp³-hybridized carbons (Fsp3) is 0.803. The standard InChI is InChI=1S/C76H136O6/c1-4-7-10-13-16-19-22-25-28-31-32-33-34-35-36-37-38-39-40-41-42-43-44-46-48-51-54-57-60-63-66-69-75(78)81-72-73(71-80-74(77)68-65-62-59-56-53-50-47-30-27-24-21-18-15-12-9-6-3)82-76(79)70-67-64-61-58-55-52-49-45-29-26-23-20-17-14-11-8-5-2/h8,11,17,20,26,29-32,47,49,52,73H,4-7,9-10,12-16,18-19,21-25,27-28,33-46,48,50-51,53-72H2,1-3H3/b11-8-,20-17-,29-26-,32-31-,47-30-,52-49-. The molecule has 0 aliphatic heterocycles. The molecule has 0 saturated carbocycles. The molecule has 0 spiro atoms. The van der Waals surface area contributed by atoms with E-state index in [1.807, 2.05) is 0 Å². The summed E-state index contributed by atoms with van der Waals surface area (Å²) in [5.41, 5.74) is 0. The fourth-order valence-electron chi connectivity index (χ4n) is 10.5. The van der Waals surface area contributed by atoms with Gasteiger partial charge in [-0.25, -0.2) is 0 Å². The van der Waals surface area contributed by atoms with Gasteiger partial charge in [0.2, 0.25) is 0 Å². The summed E-state index contributed by atoms with van der Waals surface area (Å²) < 4.78 is 17.0. The Morgan fingerprint density at radius 2 is 0.476 bits per heavy atom. The van der Waals surface area contributed by atoms with Crippen molar-refractivity contribution < 1.29 is 28.6 Å². The van der Waals surface area contributed by atoms with E-state index in [-0.39, 0.29) is 31.1 Å². The molecular formula is C76H136O6. The number of carbonyl (C=O) groups is 3. The lowest BCUT2D eigenvalue weighted by Crippen LogP contribution is -2.30. The largest absolute Gasteiger partial charge is 0.462 e. The van der Waals surface area contributed by atoms with Crippen LogP contribution in [0, 0.1) is 0 Å². The van der Waals surface area contributed by atoms with Crippen LogP contribution in [0.1, 0.15) is 374 Å². The Labute approximate surface area is 510 Å². The van der Waals surface area contributed by atoms with Crippen LogP contribution >= 0.6 is 0 Å². The summed E-state index contributed by atoms with van der Waals surface area (Å²) in [5.74, 6) is -0.898. The quantitative estimate of drug-likeness (QED) is 0.0261. The van der Waals surface area contributed by atoms with E-state index in [2.05, 4.69) is 93.7 Å². The highest BCUT2D eigenvalue weighted by atomic mass is 16.6. The van der Waals surface area contributed by atoms with E-state index in [4.69, 9.17) is 14.2 Å². The monoisotopic (exact) mass is 1150 g/mol. The summed E-state index contributed by atoms with van der Waals surface area (Å²) in [5, 5.41) is 0. The second kappa shape index (κ2) is 70.3. The molecule has 0 heterocycles. The highest BCUT2D eigenvalue weighted by molar-refractivity contribution is 5.71. The Morgan fingerprint density at radius 1 is 0.256 bits per heavy atom. The van der Waals surface area contributed by atoms with Gasteiger partial charge >= 0.3 is 17.9 Å². The van der Waals surface area contributed by atoms with Gasteiger partial charge in [-0.3, -0.25) is 14.4 Å². The van der Waals surface area contributed by atoms with Gasteiger partial charge in [0.05, 0.1) is 0 Å². The minimum atomic E-state index is -0.792. The van der Waals surface area contributed by atoms with Crippen LogP contribution in [0.3, 0.4) is 0 Å². The zero-order valence-corrected chi connectivity index (χ0v) is 54.8. The molecule has 0 rings (SSSR count). The predicted molar refractivity (Wildman–Crippen MR) is 358 cm³/mol. The highest BCUT2D eigenvalue weighted by Crippen LogP contribution is 2.18. The summed E-state index contributed by atoms with van der Waals surface area (Å²) in [6.45, 7) is 6.55. The van der Waals surface area contributed by atoms with Crippen molar-refractivity contribution in [1.29, 1.82) is 0 Å². The number of hydrogen-bond donors (Lipinski definition) is 0. The first-order chi connectivity index (χ1) is 40.5. The molecule has 0 aliphatic carbocycles. The molecule has 1 unspecified atom stereocenters. The Balaban J connectivity index is 4.23. The van der Waals surface area contributed by atoms with Crippen molar-refractivity contribution in [1.82, 2.24) is 0 Å². The Morgan fingerprint density at radius 3 is 0.756 bits per heavy atom. The molecule has 0 saturated heterocycles. The van der Waals surface area contributed by atoms with Crippen molar-refractivity contribution in [3.05, 3.63) is 72.9 Å². The zero-order chi connectivity index (χ0) is 59.2. The number of carbonyl (C=O) groups excluding carboxylic acids is 3. The van der Waals surface area contributed by atoms with Crippen molar-refractivity contribution in [3.8, 4) is 0 Å². The first-order valence-corrected chi connectivity index (χ1v) is 35.9. The van der Waals surface area contributed by atoms with E-state index in [0.29, 0.717) is 19.3 Å². The predicted octanol–water partition coefficient (Wildman–Crippen LogP) is 24.8. The lowest BCUT2D eigenvalue weighted by molar-refractivity contribution is -0.167. The number of allylic oxidation sites excluding steroid dienone is 12. The summed E-state index contributed by atoms with van der Waals surface area (Å²) in [7, 11) is 0. The molecule has 0 amide bonds. The van der Waals surface area contributed by atoms with Gasteiger partial charge in [0.1, 0.15) is 13.2 Å². The molecule has 0 fully saturated rings. The van der Waals surface area contributed by atoms with E-state index in [1.54, 1.807) is 0 Å². The fourth-order valence-corrected chi connectivity index (χ4v) is 10.5. The van der Waals surface area contributed by atoms with Crippen molar-refractivity contribution in [2.75, 3.05) is 13.2 Å². The van der Waals surface area contributed by atoms with Crippen molar-refractivity contribution in [2.24, 2.45) is 0 Å². The molecule has 6 nitrogen and oxygen atoms in total. The smallest absolute Gasteiger partial charge is 0.306 e. The van der Waals surface area contributed by atoms with Crippen LogP contribution in [0.2, 0.25) is 0 Å². The number of unbranched alkanes of at least 4 members (excludes halogenated alkanes) is 43. The van der Waals surface area contributed by atoms with E-state index in [9.17, 15) is 14.4 Å². The van der Waals surface area contributed by atoms with Gasteiger partial charge in [-0.15, -0.1) is 0 Å². The van der Waals surface area contributed by atoms with Crippen molar-refractivity contribution in [2.45, 2.75) is 380 Å². The molecule has 0 aromatic carbocycles. The maximum Gasteiger partial charge on any atom is 0.306 e. The maximum atomic E-state index is 12.9. The molecule has 82 heavy (non-hydrogen) atoms. The van der Waals surface area contributed by atoms with E-state index < -0.39 is 6.10 Å². The van der Waals surface area contributed by atoms with Crippen molar-refractivity contribution >= 4 is 17.9 Å². The Bertz CT molecular complexity index is 1500. The normalized spacial score (nSPS) is 12.5. The van der Waals surface area contributed by atoms with Crippen LogP contribution in [-0.4, -0.2) is 37.2 Å². The third-order valence-electron chi connectivity index (χ3n) is 15.9. The SMILES string of the molecule is CC/C=C\C/C=C\C/C=C\C/C=C\CCCCCCC(=O)OC(COC(=O)CCCCCCC/C=C\CCCCCCCCC)COC(=O)CCCCCCCCCCCCCCCCCCCCC/C=C\CCCCCCCCCC. The third kappa shape index (κ3) is 67.6. The molecule has 0 N–H and O–H groups in total. The van der Waals surface area contributed by atoms with Gasteiger partial charge in [0.25, 0.3) is 0 Å². The maximum absolute atomic E-state index is 12.9. The van der Waals surface area contributed by atoms with Crippen molar-refractivity contribution in [3.63, 3.8) is 0 Å². The molecule has 6 heteroatoms. The third-order valence-corrected chi connectivity index (χ3v) is 15.9. The molecule has 0 aromatic rings. The second-order valence-corrected chi connectivity index (χ2v) is 24.1. The average Bonchev–Trinajstić information content (AvgIpc) is 3.47. The van der Waals surface area contributed by atoms with Gasteiger partial charge in [-0.2, -0.15) is 0 Å². The van der Waals surface area contributed by atoms with Gasteiger partial charge in [-0.05, 0) is 109 Å². The second-order valence-electron chi connectivity index (χ2n) is 24.1. The summed E-state index contributed by atoms with van der Waals surface area (Å²) in [6, 6.07) is 0. The van der Waals surface area contributed by atoms with Crippen LogP contribution in [-0.2, 0) is 28.6 Å². The molecular weight excluding hydrogens is 1010 g/mol. The number of rotatable bonds is 66. The topological polar surface area (TPSA) is 78.9 Å². The van der Waals surface area contributed by atoms with E-state index >= 15 is 0 Å². The van der Waals surface area contributed by atoms with Crippen LogP contribution in [0.4, 0.5) is 0 Å². The minimum absolute atomic E-state index is 0.0850. The first kappa shape index (κ1) is 78.8. The zero-order valence-electron chi connectivity index (χ0n) is 54.8. The lowest BCUT2D eigenvalue weighted by Gasteiger charge is -2.18. The molecule has 0 bridgehead atoms. The summed E-state index contributed by atoms with van der Waals surface area (Å²) >= 11 is 0. The molecule has 1 atom stereocenters. The number of ether oxygens (including phenoxy) is 3. The lowest BCUT2D eigenvalue weighted by atomic mass is 10.0. The minimum Gasteiger partial charge on any atom is -0.462 e. The molecule has 0 aromatic heterocycles. The Hall–Kier alpha value is -3.15. The number of hydrogen-bond acceptors (Lipinski definition) is 6. The average molecular weight is 1150 g/mol. The number of esters is 3. The van der Waals surface area contributed by atoms with Gasteiger partial charge in [0.15, 0.2) is 6.10 Å². The van der Waals surface area contributed by atoms with Gasteiger partial charge < -0.3 is 14.2 Å².